The number of rotatable bonds is 7. The maximum Gasteiger partial charge on any atom is 0.418 e. The molecule has 3 N–H and O–H groups in total. The Morgan fingerprint density at radius 1 is 1.05 bits per heavy atom. The van der Waals surface area contributed by atoms with E-state index in [1.54, 1.807) is 13.0 Å². The molecule has 0 heterocycles. The van der Waals surface area contributed by atoms with E-state index in [1.807, 2.05) is 39.9 Å². The van der Waals surface area contributed by atoms with E-state index in [2.05, 4.69) is 5.32 Å². The summed E-state index contributed by atoms with van der Waals surface area (Å²) in [4.78, 5) is 26.6. The van der Waals surface area contributed by atoms with Gasteiger partial charge in [-0.15, -0.1) is 0 Å². The third-order valence-electron chi connectivity index (χ3n) is 6.92. The van der Waals surface area contributed by atoms with Crippen molar-refractivity contribution in [1.82, 2.24) is 5.01 Å². The fourth-order valence-electron chi connectivity index (χ4n) is 3.66. The van der Waals surface area contributed by atoms with Gasteiger partial charge in [0.2, 0.25) is 0 Å². The van der Waals surface area contributed by atoms with Crippen molar-refractivity contribution in [2.45, 2.75) is 71.1 Å². The summed E-state index contributed by atoms with van der Waals surface area (Å²) in [6, 6.07) is 9.86. The van der Waals surface area contributed by atoms with Crippen LogP contribution in [-0.2, 0) is 15.4 Å². The number of hydrazine groups is 1. The molecule has 0 aliphatic rings. The Labute approximate surface area is 227 Å². The lowest BCUT2D eigenvalue weighted by atomic mass is 9.99. The molecule has 2 amide bonds. The van der Waals surface area contributed by atoms with Crippen molar-refractivity contribution in [3.63, 3.8) is 0 Å². The largest absolute Gasteiger partial charge is 0.418 e. The summed E-state index contributed by atoms with van der Waals surface area (Å²) in [5.74, 6) is 4.14. The summed E-state index contributed by atoms with van der Waals surface area (Å²) in [7, 11) is -2.49. The van der Waals surface area contributed by atoms with Gasteiger partial charge in [-0.3, -0.25) is 9.59 Å². The van der Waals surface area contributed by atoms with Crippen LogP contribution in [0.5, 0.6) is 0 Å². The molecule has 2 aromatic carbocycles. The van der Waals surface area contributed by atoms with Crippen LogP contribution in [0.1, 0.15) is 60.3 Å². The first-order valence-corrected chi connectivity index (χ1v) is 14.9. The Kier molecular flexibility index (Phi) is 9.35. The highest BCUT2D eigenvalue weighted by atomic mass is 28.4. The second-order valence-electron chi connectivity index (χ2n) is 10.7. The molecule has 2 aromatic rings. The molecule has 0 saturated carbocycles. The summed E-state index contributed by atoms with van der Waals surface area (Å²) >= 11 is 0. The molecule has 0 radical (unpaired) electrons. The standard InChI is InChI=1S/C27H32F3N5O3Si/c1-16-21(13-12-20(15-32)22(16)27(28,29)30)34-23(17(2)38-39(6,7)26(3,4)5)25(37)35(33)24(36)19-10-8-18(14-31)9-11-19/h8-13,17,23,34H,33H2,1-7H3/t17-,23-/m1/s1. The third-order valence-corrected chi connectivity index (χ3v) is 11.5. The zero-order chi connectivity index (χ0) is 29.9. The van der Waals surface area contributed by atoms with Crippen LogP contribution in [0.3, 0.4) is 0 Å². The van der Waals surface area contributed by atoms with Gasteiger partial charge in [0.15, 0.2) is 8.32 Å². The third kappa shape index (κ3) is 7.03. The monoisotopic (exact) mass is 559 g/mol. The van der Waals surface area contributed by atoms with Gasteiger partial charge in [-0.2, -0.15) is 23.7 Å². The molecule has 0 unspecified atom stereocenters. The predicted octanol–water partition coefficient (Wildman–Crippen LogP) is 5.49. The van der Waals surface area contributed by atoms with Gasteiger partial charge in [-0.25, -0.2) is 10.9 Å². The maximum absolute atomic E-state index is 13.8. The second-order valence-corrected chi connectivity index (χ2v) is 15.4. The fraction of sp³-hybridized carbons (Fsp3) is 0.407. The molecule has 39 heavy (non-hydrogen) atoms. The number of nitrogens with zero attached hydrogens (tertiary/aromatic N) is 3. The van der Waals surface area contributed by atoms with Gasteiger partial charge >= 0.3 is 6.18 Å². The van der Waals surface area contributed by atoms with Gasteiger partial charge in [0, 0.05) is 11.3 Å². The van der Waals surface area contributed by atoms with Crippen LogP contribution in [0.25, 0.3) is 0 Å². The molecule has 208 valence electrons. The molecule has 0 saturated heterocycles. The topological polar surface area (TPSA) is 132 Å². The molecule has 0 spiro atoms. The first-order chi connectivity index (χ1) is 17.9. The van der Waals surface area contributed by atoms with E-state index in [0.29, 0.717) is 10.6 Å². The highest BCUT2D eigenvalue weighted by Gasteiger charge is 2.43. The van der Waals surface area contributed by atoms with Crippen molar-refractivity contribution in [1.29, 1.82) is 10.5 Å². The number of alkyl halides is 3. The van der Waals surface area contributed by atoms with Gasteiger partial charge < -0.3 is 9.74 Å². The van der Waals surface area contributed by atoms with Crippen LogP contribution in [0.4, 0.5) is 18.9 Å². The minimum Gasteiger partial charge on any atom is -0.412 e. The number of benzene rings is 2. The smallest absolute Gasteiger partial charge is 0.412 e. The number of hydrogen-bond acceptors (Lipinski definition) is 7. The van der Waals surface area contributed by atoms with E-state index >= 15 is 0 Å². The number of nitrogens with one attached hydrogen (secondary N) is 1. The molecule has 0 aromatic heterocycles. The number of nitriles is 2. The number of carbonyl (C=O) groups excluding carboxylic acids is 2. The number of halogens is 3. The highest BCUT2D eigenvalue weighted by Crippen LogP contribution is 2.39. The van der Waals surface area contributed by atoms with Crippen LogP contribution in [-0.4, -0.2) is 37.3 Å². The first kappa shape index (κ1) is 31.5. The summed E-state index contributed by atoms with van der Waals surface area (Å²) in [5, 5.41) is 21.1. The van der Waals surface area contributed by atoms with Gasteiger partial charge in [0.25, 0.3) is 11.8 Å². The number of carbonyl (C=O) groups is 2. The second kappa shape index (κ2) is 11.6. The minimum atomic E-state index is -4.82. The van der Waals surface area contributed by atoms with Crippen molar-refractivity contribution in [3.8, 4) is 12.1 Å². The lowest BCUT2D eigenvalue weighted by Crippen LogP contribution is -2.56. The number of imide groups is 1. The predicted molar refractivity (Wildman–Crippen MR) is 143 cm³/mol. The molecular weight excluding hydrogens is 527 g/mol. The highest BCUT2D eigenvalue weighted by molar-refractivity contribution is 6.74. The van der Waals surface area contributed by atoms with Gasteiger partial charge in [-0.05, 0) is 73.9 Å². The molecule has 0 aliphatic carbocycles. The zero-order valence-electron chi connectivity index (χ0n) is 22.9. The van der Waals surface area contributed by atoms with E-state index in [9.17, 15) is 28.0 Å². The minimum absolute atomic E-state index is 0.0375. The number of hydrogen-bond donors (Lipinski definition) is 2. The van der Waals surface area contributed by atoms with Crippen LogP contribution in [0, 0.1) is 29.6 Å². The molecule has 12 heteroatoms. The summed E-state index contributed by atoms with van der Waals surface area (Å²) in [5.41, 5.74) is -1.71. The Bertz CT molecular complexity index is 1320. The SMILES string of the molecule is Cc1c(N[C@@H](C(=O)N(N)C(=O)c2ccc(C#N)cc2)[C@@H](C)O[Si](C)(C)C(C)(C)C)ccc(C#N)c1C(F)(F)F. The lowest BCUT2D eigenvalue weighted by molar-refractivity contribution is -0.138. The molecule has 2 atom stereocenters. The van der Waals surface area contributed by atoms with E-state index in [0.717, 1.165) is 6.07 Å². The van der Waals surface area contributed by atoms with Gasteiger partial charge in [0.1, 0.15) is 6.04 Å². The van der Waals surface area contributed by atoms with Crippen LogP contribution < -0.4 is 11.2 Å². The Balaban J connectivity index is 2.55. The van der Waals surface area contributed by atoms with Crippen molar-refractivity contribution >= 4 is 25.8 Å². The lowest BCUT2D eigenvalue weighted by Gasteiger charge is -2.40. The molecule has 8 nitrogen and oxygen atoms in total. The van der Waals surface area contributed by atoms with E-state index in [-0.39, 0.29) is 21.9 Å². The summed E-state index contributed by atoms with van der Waals surface area (Å²) in [6.45, 7) is 12.6. The Morgan fingerprint density at radius 2 is 1.62 bits per heavy atom. The summed E-state index contributed by atoms with van der Waals surface area (Å²) in [6.07, 6.45) is -5.73. The van der Waals surface area contributed by atoms with Crippen molar-refractivity contribution in [3.05, 3.63) is 64.2 Å². The van der Waals surface area contributed by atoms with Gasteiger partial charge in [-0.1, -0.05) is 20.8 Å². The average molecular weight is 560 g/mol. The summed E-state index contributed by atoms with van der Waals surface area (Å²) < 4.78 is 47.8. The Hall–Kier alpha value is -3.71. The first-order valence-electron chi connectivity index (χ1n) is 12.0. The molecule has 0 fully saturated rings. The molecule has 2 rings (SSSR count). The molecule has 0 aliphatic heterocycles. The maximum atomic E-state index is 13.8. The van der Waals surface area contributed by atoms with E-state index in [4.69, 9.17) is 15.5 Å². The Morgan fingerprint density at radius 3 is 2.08 bits per heavy atom. The van der Waals surface area contributed by atoms with E-state index in [1.165, 1.54) is 37.3 Å². The molecule has 0 bridgehead atoms. The average Bonchev–Trinajstić information content (AvgIpc) is 2.84. The zero-order valence-corrected chi connectivity index (χ0v) is 23.9. The van der Waals surface area contributed by atoms with Crippen molar-refractivity contribution in [2.75, 3.05) is 5.32 Å². The number of nitrogens with two attached hydrogens (primary N) is 1. The normalized spacial score (nSPS) is 13.6. The number of amides is 2. The fourth-order valence-corrected chi connectivity index (χ4v) is 5.08. The van der Waals surface area contributed by atoms with Crippen LogP contribution in [0.2, 0.25) is 18.1 Å². The molecular formula is C27H32F3N5O3Si. The van der Waals surface area contributed by atoms with Crippen LogP contribution in [0.15, 0.2) is 36.4 Å². The quantitative estimate of drug-likeness (QED) is 0.198. The van der Waals surface area contributed by atoms with Crippen molar-refractivity contribution in [2.24, 2.45) is 5.84 Å². The van der Waals surface area contributed by atoms with Gasteiger partial charge in [0.05, 0.1) is 34.9 Å². The van der Waals surface area contributed by atoms with Crippen molar-refractivity contribution < 1.29 is 27.2 Å². The van der Waals surface area contributed by atoms with Crippen LogP contribution >= 0.6 is 0 Å². The van der Waals surface area contributed by atoms with E-state index < -0.39 is 49.6 Å². The number of anilines is 1.